The molecule has 0 spiro atoms. The van der Waals surface area contributed by atoms with Gasteiger partial charge in [-0.3, -0.25) is 18.6 Å². The molecule has 1 saturated carbocycles. The van der Waals surface area contributed by atoms with Crippen LogP contribution in [0.2, 0.25) is 0 Å². The van der Waals surface area contributed by atoms with Crippen LogP contribution in [-0.4, -0.2) is 151 Å². The Bertz CT molecular complexity index is 1380. The summed E-state index contributed by atoms with van der Waals surface area (Å²) in [5.74, 6) is -1.20. The number of carbonyl (C=O) groups is 2. The second-order valence-corrected chi connectivity index (χ2v) is 21.5. The van der Waals surface area contributed by atoms with E-state index in [0.717, 1.165) is 51.4 Å². The summed E-state index contributed by atoms with van der Waals surface area (Å²) < 4.78 is 45.6. The molecule has 19 heteroatoms. The highest BCUT2D eigenvalue weighted by molar-refractivity contribution is 7.47. The van der Waals surface area contributed by atoms with Gasteiger partial charge in [-0.05, 0) is 12.8 Å². The first kappa shape index (κ1) is 65.8. The Balaban J connectivity index is 1.89. The van der Waals surface area contributed by atoms with E-state index >= 15 is 0 Å². The molecule has 1 saturated heterocycles. The van der Waals surface area contributed by atoms with Crippen molar-refractivity contribution in [1.82, 2.24) is 0 Å². The van der Waals surface area contributed by atoms with Gasteiger partial charge >= 0.3 is 19.8 Å². The van der Waals surface area contributed by atoms with Gasteiger partial charge in [0.25, 0.3) is 0 Å². The third kappa shape index (κ3) is 28.4. The molecule has 0 aromatic carbocycles. The van der Waals surface area contributed by atoms with Crippen LogP contribution in [0.1, 0.15) is 226 Å². The predicted molar refractivity (Wildman–Crippen MR) is 268 cm³/mol. The summed E-state index contributed by atoms with van der Waals surface area (Å²) in [4.78, 5) is 36.7. The standard InChI is InChI=1S/C52H99O18P/c1-3-5-7-9-11-13-15-17-19-21-22-24-26-28-30-32-34-41(54)65-37-39(67-42(55)35-33-31-29-27-25-23-20-18-16-14-12-10-8-6-4-2)38-66-71(63,64)70-51-48(61)46(59)45(58)47(60)50(51)69-52-49(62)44(57)43(56)40(36-53)68-52/h39-40,43-53,56-62H,3-38H2,1-2H3,(H,63,64). The molecule has 1 heterocycles. The molecular weight excluding hydrogens is 944 g/mol. The van der Waals surface area contributed by atoms with Gasteiger partial charge in [-0.25, -0.2) is 4.57 Å². The largest absolute Gasteiger partial charge is 0.472 e. The Kier molecular flexibility index (Phi) is 37.0. The average Bonchev–Trinajstić information content (AvgIpc) is 3.35. The molecule has 13 atom stereocenters. The van der Waals surface area contributed by atoms with E-state index in [1.54, 1.807) is 0 Å². The highest BCUT2D eigenvalue weighted by atomic mass is 31.2. The number of carbonyl (C=O) groups excluding carboxylic acids is 2. The van der Waals surface area contributed by atoms with Crippen molar-refractivity contribution < 1.29 is 87.9 Å². The number of hydrogen-bond acceptors (Lipinski definition) is 17. The van der Waals surface area contributed by atoms with E-state index in [-0.39, 0.29) is 12.8 Å². The molecule has 71 heavy (non-hydrogen) atoms. The minimum atomic E-state index is -5.37. The first-order valence-electron chi connectivity index (χ1n) is 27.9. The van der Waals surface area contributed by atoms with Crippen LogP contribution in [0.15, 0.2) is 0 Å². The van der Waals surface area contributed by atoms with Gasteiger partial charge in [0, 0.05) is 12.8 Å². The zero-order valence-electron chi connectivity index (χ0n) is 43.5. The van der Waals surface area contributed by atoms with E-state index in [2.05, 4.69) is 13.8 Å². The van der Waals surface area contributed by atoms with Crippen LogP contribution in [0.4, 0.5) is 0 Å². The average molecular weight is 1040 g/mol. The van der Waals surface area contributed by atoms with E-state index in [0.29, 0.717) is 12.8 Å². The number of phosphoric acid groups is 1. The topological polar surface area (TPSA) is 289 Å². The van der Waals surface area contributed by atoms with Gasteiger partial charge in [-0.1, -0.05) is 200 Å². The van der Waals surface area contributed by atoms with E-state index in [1.165, 1.54) is 135 Å². The quantitative estimate of drug-likeness (QED) is 0.0162. The van der Waals surface area contributed by atoms with Gasteiger partial charge < -0.3 is 64.7 Å². The molecule has 420 valence electrons. The molecule has 18 nitrogen and oxygen atoms in total. The fourth-order valence-corrected chi connectivity index (χ4v) is 10.2. The lowest BCUT2D eigenvalue weighted by Crippen LogP contribution is -2.67. The van der Waals surface area contributed by atoms with Crippen molar-refractivity contribution in [2.24, 2.45) is 0 Å². The maximum absolute atomic E-state index is 13.4. The van der Waals surface area contributed by atoms with Crippen molar-refractivity contribution in [3.63, 3.8) is 0 Å². The third-order valence-corrected chi connectivity index (χ3v) is 14.8. The Morgan fingerprint density at radius 2 is 0.845 bits per heavy atom. The normalized spacial score (nSPS) is 27.1. The molecule has 2 aliphatic rings. The highest BCUT2D eigenvalue weighted by Crippen LogP contribution is 2.48. The number of ether oxygens (including phenoxy) is 4. The molecule has 0 bridgehead atoms. The van der Waals surface area contributed by atoms with Gasteiger partial charge in [-0.2, -0.15) is 0 Å². The number of aliphatic hydroxyl groups excluding tert-OH is 8. The van der Waals surface area contributed by atoms with Crippen molar-refractivity contribution in [1.29, 1.82) is 0 Å². The van der Waals surface area contributed by atoms with Crippen molar-refractivity contribution in [2.45, 2.75) is 299 Å². The summed E-state index contributed by atoms with van der Waals surface area (Å²) in [6.45, 7) is 2.27. The lowest BCUT2D eigenvalue weighted by atomic mass is 9.84. The zero-order chi connectivity index (χ0) is 52.3. The molecule has 0 aromatic rings. The second-order valence-electron chi connectivity index (χ2n) is 20.1. The number of aliphatic hydroxyl groups is 8. The number of hydrogen-bond donors (Lipinski definition) is 9. The fraction of sp³-hybridized carbons (Fsp3) is 0.962. The molecule has 0 amide bonds. The molecule has 9 N–H and O–H groups in total. The fourth-order valence-electron chi connectivity index (χ4n) is 9.24. The number of phosphoric ester groups is 1. The maximum atomic E-state index is 13.4. The SMILES string of the molecule is CCCCCCCCCCCCCCCCCCC(=O)OCC(COP(=O)(O)OC1C(O)C(O)C(O)C(O)C1OC1OC(CO)C(O)C(O)C1O)OC(=O)CCCCCCCCCCCCCCCCC. The number of unbranched alkanes of at least 4 members (excludes halogenated alkanes) is 29. The number of rotatable bonds is 44. The van der Waals surface area contributed by atoms with Crippen LogP contribution in [0.3, 0.4) is 0 Å². The molecule has 1 aliphatic heterocycles. The minimum Gasteiger partial charge on any atom is -0.462 e. The van der Waals surface area contributed by atoms with Crippen molar-refractivity contribution in [3.8, 4) is 0 Å². The number of esters is 2. The van der Waals surface area contributed by atoms with Crippen molar-refractivity contribution in [3.05, 3.63) is 0 Å². The summed E-state index contributed by atoms with van der Waals surface area (Å²) in [6.07, 6.45) is 13.1. The Hall–Kier alpha value is -1.35. The van der Waals surface area contributed by atoms with Gasteiger partial charge in [-0.15, -0.1) is 0 Å². The monoisotopic (exact) mass is 1040 g/mol. The van der Waals surface area contributed by atoms with Gasteiger partial charge in [0.1, 0.15) is 67.6 Å². The summed E-state index contributed by atoms with van der Waals surface area (Å²) in [5.41, 5.74) is 0. The van der Waals surface area contributed by atoms with E-state index < -0.39 is 113 Å². The second kappa shape index (κ2) is 40.0. The molecule has 0 aromatic heterocycles. The molecular formula is C52H99O18P. The molecule has 13 unspecified atom stereocenters. The van der Waals surface area contributed by atoms with E-state index in [1.807, 2.05) is 0 Å². The van der Waals surface area contributed by atoms with Crippen LogP contribution in [0, 0.1) is 0 Å². The summed E-state index contributed by atoms with van der Waals surface area (Å²) in [6, 6.07) is 0. The Morgan fingerprint density at radius 3 is 1.25 bits per heavy atom. The Labute approximate surface area is 425 Å². The lowest BCUT2D eigenvalue weighted by molar-refractivity contribution is -0.338. The first-order valence-corrected chi connectivity index (χ1v) is 29.4. The maximum Gasteiger partial charge on any atom is 0.472 e. The molecule has 1 aliphatic carbocycles. The van der Waals surface area contributed by atoms with Crippen LogP contribution in [0.5, 0.6) is 0 Å². The van der Waals surface area contributed by atoms with Crippen LogP contribution in [0.25, 0.3) is 0 Å². The lowest BCUT2D eigenvalue weighted by Gasteiger charge is -2.47. The van der Waals surface area contributed by atoms with Crippen molar-refractivity contribution >= 4 is 19.8 Å². The van der Waals surface area contributed by atoms with E-state index in [9.17, 15) is 59.9 Å². The van der Waals surface area contributed by atoms with Crippen molar-refractivity contribution in [2.75, 3.05) is 19.8 Å². The van der Waals surface area contributed by atoms with E-state index in [4.69, 9.17) is 28.0 Å². The zero-order valence-corrected chi connectivity index (χ0v) is 44.4. The van der Waals surface area contributed by atoms with Gasteiger partial charge in [0.05, 0.1) is 13.2 Å². The van der Waals surface area contributed by atoms with Crippen LogP contribution < -0.4 is 0 Å². The summed E-state index contributed by atoms with van der Waals surface area (Å²) >= 11 is 0. The third-order valence-electron chi connectivity index (χ3n) is 13.8. The molecule has 2 rings (SSSR count). The first-order chi connectivity index (χ1) is 34.2. The molecule has 2 fully saturated rings. The van der Waals surface area contributed by atoms with Gasteiger partial charge in [0.2, 0.25) is 0 Å². The predicted octanol–water partition coefficient (Wildman–Crippen LogP) is 7.50. The van der Waals surface area contributed by atoms with Crippen LogP contribution >= 0.6 is 7.82 Å². The van der Waals surface area contributed by atoms with Gasteiger partial charge in [0.15, 0.2) is 12.4 Å². The summed E-state index contributed by atoms with van der Waals surface area (Å²) in [5, 5.41) is 83.1. The summed E-state index contributed by atoms with van der Waals surface area (Å²) in [7, 11) is -5.37. The van der Waals surface area contributed by atoms with Crippen LogP contribution in [-0.2, 0) is 42.1 Å². The molecule has 0 radical (unpaired) electrons. The highest BCUT2D eigenvalue weighted by Gasteiger charge is 2.55. The Morgan fingerprint density at radius 1 is 0.479 bits per heavy atom. The smallest absolute Gasteiger partial charge is 0.462 e. The minimum absolute atomic E-state index is 0.0402.